The smallest absolute Gasteiger partial charge is 0.363 e. The van der Waals surface area contributed by atoms with Crippen LogP contribution in [0.2, 0.25) is 0 Å². The van der Waals surface area contributed by atoms with Crippen molar-refractivity contribution in [3.05, 3.63) is 95.2 Å². The molecule has 32 heavy (non-hydrogen) atoms. The normalized spacial score (nSPS) is 14.8. The van der Waals surface area contributed by atoms with Gasteiger partial charge in [0.05, 0.1) is 7.11 Å². The molecule has 0 aliphatic carbocycles. The Morgan fingerprint density at radius 3 is 2.34 bits per heavy atom. The molecule has 1 aliphatic rings. The van der Waals surface area contributed by atoms with Gasteiger partial charge in [-0.25, -0.2) is 9.79 Å². The second-order valence-corrected chi connectivity index (χ2v) is 8.51. The molecule has 0 saturated heterocycles. The van der Waals surface area contributed by atoms with E-state index in [1.165, 1.54) is 31.4 Å². The Kier molecular flexibility index (Phi) is 5.79. The first-order valence-corrected chi connectivity index (χ1v) is 11.0. The highest BCUT2D eigenvalue weighted by atomic mass is 32.2. The van der Waals surface area contributed by atoms with Crippen LogP contribution in [0.4, 0.5) is 0 Å². The summed E-state index contributed by atoms with van der Waals surface area (Å²) in [5, 5.41) is 0. The first kappa shape index (κ1) is 21.3. The van der Waals surface area contributed by atoms with Crippen LogP contribution in [-0.4, -0.2) is 27.4 Å². The highest BCUT2D eigenvalue weighted by Crippen LogP contribution is 2.32. The molecular formula is C24H19NO6S. The first-order chi connectivity index (χ1) is 15.4. The van der Waals surface area contributed by atoms with E-state index in [0.29, 0.717) is 11.1 Å². The summed E-state index contributed by atoms with van der Waals surface area (Å²) in [6.07, 6.45) is 1.53. The highest BCUT2D eigenvalue weighted by molar-refractivity contribution is 7.87. The Balaban J connectivity index is 1.61. The van der Waals surface area contributed by atoms with Gasteiger partial charge >= 0.3 is 16.1 Å². The van der Waals surface area contributed by atoms with Crippen LogP contribution in [0.5, 0.6) is 11.5 Å². The van der Waals surface area contributed by atoms with Crippen molar-refractivity contribution in [3.8, 4) is 11.5 Å². The molecule has 0 fully saturated rings. The number of nitrogens with zero attached hydrogens (tertiary/aromatic N) is 1. The van der Waals surface area contributed by atoms with E-state index in [0.717, 1.165) is 5.56 Å². The van der Waals surface area contributed by atoms with Crippen molar-refractivity contribution in [2.45, 2.75) is 11.8 Å². The van der Waals surface area contributed by atoms with Crippen LogP contribution in [0.3, 0.4) is 0 Å². The third-order valence-electron chi connectivity index (χ3n) is 4.64. The van der Waals surface area contributed by atoms with Crippen molar-refractivity contribution in [3.63, 3.8) is 0 Å². The van der Waals surface area contributed by atoms with Gasteiger partial charge in [0.15, 0.2) is 17.2 Å². The van der Waals surface area contributed by atoms with Crippen LogP contribution < -0.4 is 8.92 Å². The number of hydrogen-bond acceptors (Lipinski definition) is 7. The Morgan fingerprint density at radius 1 is 0.938 bits per heavy atom. The number of carbonyl (C=O) groups excluding carboxylic acids is 1. The number of methoxy groups -OCH3 is 1. The quantitative estimate of drug-likeness (QED) is 0.319. The molecule has 0 spiro atoms. The fourth-order valence-electron chi connectivity index (χ4n) is 2.98. The largest absolute Gasteiger partial charge is 0.493 e. The van der Waals surface area contributed by atoms with Gasteiger partial charge in [0.25, 0.3) is 0 Å². The van der Waals surface area contributed by atoms with Crippen LogP contribution in [0.25, 0.3) is 6.08 Å². The molecule has 1 aliphatic heterocycles. The average Bonchev–Trinajstić information content (AvgIpc) is 3.15. The second kappa shape index (κ2) is 8.68. The monoisotopic (exact) mass is 449 g/mol. The van der Waals surface area contributed by atoms with Crippen molar-refractivity contribution < 1.29 is 26.9 Å². The highest BCUT2D eigenvalue weighted by Gasteiger charge is 2.24. The summed E-state index contributed by atoms with van der Waals surface area (Å²) in [6.45, 7) is 1.96. The van der Waals surface area contributed by atoms with E-state index in [9.17, 15) is 13.2 Å². The number of aryl methyl sites for hydroxylation is 1. The van der Waals surface area contributed by atoms with Gasteiger partial charge in [-0.05, 0) is 55.0 Å². The predicted molar refractivity (Wildman–Crippen MR) is 119 cm³/mol. The Hall–Kier alpha value is -3.91. The maximum absolute atomic E-state index is 12.5. The van der Waals surface area contributed by atoms with Gasteiger partial charge in [-0.2, -0.15) is 8.42 Å². The van der Waals surface area contributed by atoms with E-state index >= 15 is 0 Å². The summed E-state index contributed by atoms with van der Waals surface area (Å²) in [4.78, 5) is 16.6. The summed E-state index contributed by atoms with van der Waals surface area (Å²) in [5.41, 5.74) is 2.46. The molecule has 0 atom stereocenters. The number of benzene rings is 3. The second-order valence-electron chi connectivity index (χ2n) is 6.96. The molecule has 7 nitrogen and oxygen atoms in total. The molecular weight excluding hydrogens is 430 g/mol. The fraction of sp³-hybridized carbons (Fsp3) is 0.0833. The molecule has 0 bridgehead atoms. The minimum Gasteiger partial charge on any atom is -0.493 e. The summed E-state index contributed by atoms with van der Waals surface area (Å²) in [7, 11) is -2.63. The maximum atomic E-state index is 12.5. The number of carbonyl (C=O) groups is 1. The van der Waals surface area contributed by atoms with Gasteiger partial charge in [-0.3, -0.25) is 0 Å². The zero-order valence-electron chi connectivity index (χ0n) is 17.3. The molecule has 3 aromatic carbocycles. The molecule has 0 radical (unpaired) electrons. The first-order valence-electron chi connectivity index (χ1n) is 9.63. The summed E-state index contributed by atoms with van der Waals surface area (Å²) in [6, 6.07) is 19.9. The van der Waals surface area contributed by atoms with E-state index in [4.69, 9.17) is 13.7 Å². The van der Waals surface area contributed by atoms with Crippen molar-refractivity contribution in [1.82, 2.24) is 0 Å². The lowest BCUT2D eigenvalue weighted by molar-refractivity contribution is -0.129. The third-order valence-corrected chi connectivity index (χ3v) is 5.89. The number of hydrogen-bond donors (Lipinski definition) is 0. The molecule has 1 heterocycles. The molecule has 8 heteroatoms. The molecule has 162 valence electrons. The standard InChI is InChI=1S/C24H19NO6S/c1-16-8-11-18(12-9-16)23-25-20(24(26)30-23)14-17-10-13-21(22(15-17)29-2)31-32(27,28)19-6-4-3-5-7-19/h3-15H,1-2H3. The van der Waals surface area contributed by atoms with E-state index in [1.54, 1.807) is 30.3 Å². The zero-order valence-corrected chi connectivity index (χ0v) is 18.1. The van der Waals surface area contributed by atoms with Crippen LogP contribution in [0, 0.1) is 6.92 Å². The Bertz CT molecular complexity index is 1330. The van der Waals surface area contributed by atoms with Crippen LogP contribution >= 0.6 is 0 Å². The minimum atomic E-state index is -4.02. The summed E-state index contributed by atoms with van der Waals surface area (Å²) >= 11 is 0. The number of esters is 1. The van der Waals surface area contributed by atoms with Crippen molar-refractivity contribution in [1.29, 1.82) is 0 Å². The van der Waals surface area contributed by atoms with Crippen molar-refractivity contribution >= 4 is 28.1 Å². The third kappa shape index (κ3) is 4.55. The molecule has 3 aromatic rings. The molecule has 0 amide bonds. The van der Waals surface area contributed by atoms with Gasteiger partial charge in [-0.15, -0.1) is 0 Å². The van der Waals surface area contributed by atoms with Gasteiger partial charge in [0, 0.05) is 5.56 Å². The maximum Gasteiger partial charge on any atom is 0.363 e. The van der Waals surface area contributed by atoms with Crippen LogP contribution in [-0.2, 0) is 19.6 Å². The van der Waals surface area contributed by atoms with Crippen LogP contribution in [0.15, 0.2) is 88.4 Å². The lowest BCUT2D eigenvalue weighted by Crippen LogP contribution is -2.10. The SMILES string of the molecule is COc1cc(C=C2N=C(c3ccc(C)cc3)OC2=O)ccc1OS(=O)(=O)c1ccccc1. The fourth-order valence-corrected chi connectivity index (χ4v) is 3.94. The zero-order chi connectivity index (χ0) is 22.7. The number of aliphatic imine (C=N–C) groups is 1. The Morgan fingerprint density at radius 2 is 1.66 bits per heavy atom. The van der Waals surface area contributed by atoms with Gasteiger partial charge in [0.2, 0.25) is 5.90 Å². The molecule has 4 rings (SSSR count). The number of ether oxygens (including phenoxy) is 2. The number of rotatable bonds is 6. The van der Waals surface area contributed by atoms with E-state index in [2.05, 4.69) is 4.99 Å². The lowest BCUT2D eigenvalue weighted by atomic mass is 10.1. The van der Waals surface area contributed by atoms with E-state index in [-0.39, 0.29) is 28.0 Å². The number of cyclic esters (lactones) is 1. The van der Waals surface area contributed by atoms with Gasteiger partial charge in [-0.1, -0.05) is 42.0 Å². The Labute approximate surface area is 185 Å². The average molecular weight is 449 g/mol. The van der Waals surface area contributed by atoms with Gasteiger partial charge < -0.3 is 13.7 Å². The van der Waals surface area contributed by atoms with Crippen LogP contribution in [0.1, 0.15) is 16.7 Å². The topological polar surface area (TPSA) is 91.3 Å². The van der Waals surface area contributed by atoms with Crippen molar-refractivity contribution in [2.75, 3.05) is 7.11 Å². The predicted octanol–water partition coefficient (Wildman–Crippen LogP) is 4.12. The van der Waals surface area contributed by atoms with Crippen molar-refractivity contribution in [2.24, 2.45) is 4.99 Å². The molecule has 0 saturated carbocycles. The minimum absolute atomic E-state index is 0.0244. The molecule has 0 N–H and O–H groups in total. The van der Waals surface area contributed by atoms with E-state index in [1.807, 2.05) is 31.2 Å². The molecule has 0 aromatic heterocycles. The van der Waals surface area contributed by atoms with E-state index < -0.39 is 16.1 Å². The summed E-state index contributed by atoms with van der Waals surface area (Å²) in [5.74, 6) is -0.141. The summed E-state index contributed by atoms with van der Waals surface area (Å²) < 4.78 is 40.8. The van der Waals surface area contributed by atoms with Gasteiger partial charge in [0.1, 0.15) is 4.90 Å². The lowest BCUT2D eigenvalue weighted by Gasteiger charge is -2.11. The molecule has 0 unspecified atom stereocenters.